The number of unbranched alkanes of at least 4 members (excludes halogenated alkanes) is 1. The predicted octanol–water partition coefficient (Wildman–Crippen LogP) is 6.01. The first-order chi connectivity index (χ1) is 17.3. The zero-order valence-electron chi connectivity index (χ0n) is 20.4. The van der Waals surface area contributed by atoms with Gasteiger partial charge in [-0.2, -0.15) is 0 Å². The maximum absolute atomic E-state index is 12.5. The molecule has 188 valence electrons. The lowest BCUT2D eigenvalue weighted by Gasteiger charge is -2.11. The van der Waals surface area contributed by atoms with Crippen LogP contribution in [0.15, 0.2) is 65.1 Å². The van der Waals surface area contributed by atoms with Crippen LogP contribution in [0.5, 0.6) is 0 Å². The molecule has 0 spiro atoms. The van der Waals surface area contributed by atoms with Gasteiger partial charge in [0.2, 0.25) is 0 Å². The molecule has 36 heavy (non-hydrogen) atoms. The number of urea groups is 1. The first kappa shape index (κ1) is 25.6. The Morgan fingerprint density at radius 2 is 1.75 bits per heavy atom. The minimum Gasteiger partial charge on any atom is -0.340 e. The maximum Gasteiger partial charge on any atom is 0.328 e. The van der Waals surface area contributed by atoms with Crippen LogP contribution in [-0.4, -0.2) is 31.0 Å². The Hall–Kier alpha value is -3.50. The second kappa shape index (κ2) is 11.0. The summed E-state index contributed by atoms with van der Waals surface area (Å²) >= 11 is 1.55. The van der Waals surface area contributed by atoms with E-state index in [1.165, 1.54) is 24.0 Å². The number of rotatable bonds is 9. The number of fused-ring (bicyclic) bond motifs is 1. The van der Waals surface area contributed by atoms with Crippen LogP contribution in [0, 0.1) is 0 Å². The Balaban J connectivity index is 1.55. The Kier molecular flexibility index (Phi) is 7.85. The van der Waals surface area contributed by atoms with Gasteiger partial charge in [0.1, 0.15) is 17.0 Å². The second-order valence-corrected chi connectivity index (χ2v) is 11.2. The summed E-state index contributed by atoms with van der Waals surface area (Å²) in [6, 6.07) is 13.9. The number of aromatic nitrogens is 2. The minimum atomic E-state index is -3.98. The number of carbonyl (C=O) groups is 1. The van der Waals surface area contributed by atoms with Gasteiger partial charge in [-0.05, 0) is 47.7 Å². The summed E-state index contributed by atoms with van der Waals surface area (Å²) in [5, 5.41) is 8.80. The number of hydrogen-bond donors (Lipinski definition) is 3. The number of amides is 2. The summed E-state index contributed by atoms with van der Waals surface area (Å²) in [4.78, 5) is 21.6. The molecule has 3 N–H and O–H groups in total. The van der Waals surface area contributed by atoms with E-state index < -0.39 is 16.1 Å². The van der Waals surface area contributed by atoms with Gasteiger partial charge in [0.25, 0.3) is 10.0 Å². The van der Waals surface area contributed by atoms with Crippen molar-refractivity contribution in [1.29, 1.82) is 0 Å². The predicted molar refractivity (Wildman–Crippen MR) is 145 cm³/mol. The lowest BCUT2D eigenvalue weighted by Crippen LogP contribution is -2.39. The van der Waals surface area contributed by atoms with Gasteiger partial charge >= 0.3 is 6.03 Å². The van der Waals surface area contributed by atoms with Crippen LogP contribution in [0.4, 0.5) is 16.3 Å². The van der Waals surface area contributed by atoms with Gasteiger partial charge in [-0.15, -0.1) is 11.3 Å². The lowest BCUT2D eigenvalue weighted by molar-refractivity contribution is 0.245. The van der Waals surface area contributed by atoms with E-state index in [-0.39, 0.29) is 4.90 Å². The number of nitrogens with zero attached hydrogens (tertiary/aromatic N) is 2. The molecule has 2 amide bonds. The van der Waals surface area contributed by atoms with Crippen LogP contribution < -0.4 is 15.4 Å². The highest BCUT2D eigenvalue weighted by atomic mass is 32.2. The van der Waals surface area contributed by atoms with Crippen LogP contribution in [0.3, 0.4) is 0 Å². The fourth-order valence-electron chi connectivity index (χ4n) is 3.68. The molecule has 8 nitrogen and oxygen atoms in total. The van der Waals surface area contributed by atoms with E-state index in [0.29, 0.717) is 24.0 Å². The van der Waals surface area contributed by atoms with E-state index in [2.05, 4.69) is 64.1 Å². The van der Waals surface area contributed by atoms with Gasteiger partial charge in [0.05, 0.1) is 10.3 Å². The lowest BCUT2D eigenvalue weighted by atomic mass is 9.99. The monoisotopic (exact) mass is 523 g/mol. The topological polar surface area (TPSA) is 113 Å². The number of hydrogen-bond acceptors (Lipinski definition) is 7. The maximum atomic E-state index is 12.5. The molecule has 2 heterocycles. The Labute approximate surface area is 215 Å². The molecule has 0 atom stereocenters. The molecule has 10 heteroatoms. The highest BCUT2D eigenvalue weighted by Gasteiger charge is 2.18. The molecule has 0 aliphatic heterocycles. The van der Waals surface area contributed by atoms with Crippen LogP contribution in [0.2, 0.25) is 0 Å². The molecule has 2 aromatic carbocycles. The van der Waals surface area contributed by atoms with Crippen molar-refractivity contribution >= 4 is 49.1 Å². The van der Waals surface area contributed by atoms with E-state index in [9.17, 15) is 13.2 Å². The fraction of sp³-hybridized carbons (Fsp3) is 0.269. The van der Waals surface area contributed by atoms with Gasteiger partial charge in [-0.25, -0.2) is 27.9 Å². The third-order valence-electron chi connectivity index (χ3n) is 5.73. The van der Waals surface area contributed by atoms with Crippen molar-refractivity contribution in [1.82, 2.24) is 20.0 Å². The summed E-state index contributed by atoms with van der Waals surface area (Å²) in [5.41, 5.74) is 4.05. The largest absolute Gasteiger partial charge is 0.340 e. The molecule has 0 saturated carbocycles. The summed E-state index contributed by atoms with van der Waals surface area (Å²) in [5.74, 6) is 1.09. The molecular formula is C26H29N5O3S2. The van der Waals surface area contributed by atoms with Crippen LogP contribution in [-0.2, 0) is 10.0 Å². The van der Waals surface area contributed by atoms with Gasteiger partial charge in [0, 0.05) is 23.2 Å². The van der Waals surface area contributed by atoms with Gasteiger partial charge in [0.15, 0.2) is 0 Å². The summed E-state index contributed by atoms with van der Waals surface area (Å²) in [7, 11) is -3.98. The van der Waals surface area contributed by atoms with Crippen molar-refractivity contribution in [3.05, 3.63) is 65.8 Å². The number of nitrogens with one attached hydrogen (secondary N) is 3. The zero-order chi connectivity index (χ0) is 25.7. The molecule has 0 radical (unpaired) electrons. The van der Waals surface area contributed by atoms with Gasteiger partial charge < -0.3 is 10.6 Å². The highest BCUT2D eigenvalue weighted by Crippen LogP contribution is 2.37. The molecule has 0 aliphatic carbocycles. The first-order valence-electron chi connectivity index (χ1n) is 11.8. The van der Waals surface area contributed by atoms with E-state index in [1.807, 2.05) is 11.6 Å². The molecule has 0 bridgehead atoms. The normalized spacial score (nSPS) is 11.6. The summed E-state index contributed by atoms with van der Waals surface area (Å²) in [6.45, 7) is 6.74. The molecule has 2 aromatic heterocycles. The summed E-state index contributed by atoms with van der Waals surface area (Å²) < 4.78 is 27.1. The van der Waals surface area contributed by atoms with Gasteiger partial charge in [-0.3, -0.25) is 0 Å². The number of thiophene rings is 1. The number of benzene rings is 2. The third kappa shape index (κ3) is 5.83. The fourth-order valence-corrected chi connectivity index (χ4v) is 5.52. The molecule has 4 aromatic rings. The van der Waals surface area contributed by atoms with Crippen molar-refractivity contribution < 1.29 is 13.2 Å². The van der Waals surface area contributed by atoms with Crippen molar-refractivity contribution in [2.24, 2.45) is 0 Å². The smallest absolute Gasteiger partial charge is 0.328 e. The average molecular weight is 524 g/mol. The molecule has 0 fully saturated rings. The van der Waals surface area contributed by atoms with Crippen LogP contribution in [0.25, 0.3) is 21.3 Å². The van der Waals surface area contributed by atoms with Crippen LogP contribution >= 0.6 is 11.3 Å². The highest BCUT2D eigenvalue weighted by molar-refractivity contribution is 7.90. The first-order valence-corrected chi connectivity index (χ1v) is 14.1. The van der Waals surface area contributed by atoms with E-state index in [4.69, 9.17) is 0 Å². The van der Waals surface area contributed by atoms with E-state index in [0.717, 1.165) is 34.2 Å². The van der Waals surface area contributed by atoms with Crippen LogP contribution in [0.1, 0.15) is 45.1 Å². The standard InChI is InChI=1S/C26H29N5O3S2/c1-4-5-14-27-26(32)31-36(33,34)21-12-10-20(11-13-21)30-24-23-22(15-35-25(23)29-16-28-24)19-8-6-18(7-9-19)17(2)3/h6-13,15-17H,4-5,14H2,1-3H3,(H2,27,31,32)(H,28,29,30). The van der Waals surface area contributed by atoms with Crippen molar-refractivity contribution in [2.75, 3.05) is 11.9 Å². The number of carbonyl (C=O) groups excluding carboxylic acids is 1. The quantitative estimate of drug-likeness (QED) is 0.232. The van der Waals surface area contributed by atoms with Crippen molar-refractivity contribution in [2.45, 2.75) is 44.4 Å². The van der Waals surface area contributed by atoms with E-state index >= 15 is 0 Å². The molecule has 0 aliphatic rings. The Bertz CT molecular complexity index is 1450. The number of anilines is 2. The van der Waals surface area contributed by atoms with Gasteiger partial charge in [-0.1, -0.05) is 51.5 Å². The van der Waals surface area contributed by atoms with E-state index in [1.54, 1.807) is 23.5 Å². The minimum absolute atomic E-state index is 0.00649. The Morgan fingerprint density at radius 1 is 1.03 bits per heavy atom. The second-order valence-electron chi connectivity index (χ2n) is 8.69. The third-order valence-corrected chi connectivity index (χ3v) is 7.96. The zero-order valence-corrected chi connectivity index (χ0v) is 22.0. The molecule has 0 unspecified atom stereocenters. The van der Waals surface area contributed by atoms with Crippen molar-refractivity contribution in [3.8, 4) is 11.1 Å². The van der Waals surface area contributed by atoms with Crippen molar-refractivity contribution in [3.63, 3.8) is 0 Å². The molecule has 0 saturated heterocycles. The number of sulfonamides is 1. The average Bonchev–Trinajstić information content (AvgIpc) is 3.30. The molecular weight excluding hydrogens is 494 g/mol. The molecule has 4 rings (SSSR count). The Morgan fingerprint density at radius 3 is 2.42 bits per heavy atom. The summed E-state index contributed by atoms with van der Waals surface area (Å²) in [6.07, 6.45) is 3.18. The SMILES string of the molecule is CCCCNC(=O)NS(=O)(=O)c1ccc(Nc2ncnc3scc(-c4ccc(C(C)C)cc4)c23)cc1.